The van der Waals surface area contributed by atoms with Crippen molar-refractivity contribution in [3.63, 3.8) is 0 Å². The third-order valence-corrected chi connectivity index (χ3v) is 0.816. The van der Waals surface area contributed by atoms with Crippen LogP contribution in [0.15, 0.2) is 0 Å². The van der Waals surface area contributed by atoms with Crippen LogP contribution in [0.5, 0.6) is 0 Å². The Morgan fingerprint density at radius 2 is 1.80 bits per heavy atom. The summed E-state index contributed by atoms with van der Waals surface area (Å²) in [6.45, 7) is 2.25. The highest BCUT2D eigenvalue weighted by atomic mass is 32.1. The fourth-order valence-corrected chi connectivity index (χ4v) is 0.317. The summed E-state index contributed by atoms with van der Waals surface area (Å²) in [5.74, 6) is 0. The molecule has 62 valence electrons. The Labute approximate surface area is 69.0 Å². The van der Waals surface area contributed by atoms with Gasteiger partial charge in [-0.05, 0) is 6.92 Å². The van der Waals surface area contributed by atoms with Crippen molar-refractivity contribution in [2.24, 2.45) is 0 Å². The lowest BCUT2D eigenvalue weighted by atomic mass is 10.7. The number of nitrogens with zero attached hydrogens (tertiary/aromatic N) is 1. The van der Waals surface area contributed by atoms with Crippen LogP contribution in [0.3, 0.4) is 0 Å². The molecule has 4 heteroatoms. The van der Waals surface area contributed by atoms with Crippen LogP contribution >= 0.6 is 13.5 Å². The predicted octanol–water partition coefficient (Wildman–Crippen LogP) is 0.962. The summed E-state index contributed by atoms with van der Waals surface area (Å²) < 4.78 is 4.97. The first-order valence-electron chi connectivity index (χ1n) is 2.97. The fraction of sp³-hybridized carbons (Fsp3) is 0.833. The summed E-state index contributed by atoms with van der Waals surface area (Å²) in [6.07, 6.45) is -0.197. The molecule has 0 radical (unpaired) electrons. The summed E-state index contributed by atoms with van der Waals surface area (Å²) in [4.78, 5) is 10.8. The molecule has 0 aliphatic heterocycles. The topological polar surface area (TPSA) is 26.3 Å². The number of hydrogen-bond acceptors (Lipinski definition) is 2. The Morgan fingerprint density at radius 3 is 1.90 bits per heavy atom. The molecule has 0 spiro atoms. The van der Waals surface area contributed by atoms with E-state index in [0.29, 0.717) is 6.61 Å². The Balaban J connectivity index is 0. The van der Waals surface area contributed by atoms with E-state index in [4.69, 9.17) is 4.74 Å². The first-order chi connectivity index (χ1) is 3.98. The van der Waals surface area contributed by atoms with Gasteiger partial charge >= 0.3 is 6.09 Å². The number of hydrogen-bond donors (Lipinski definition) is 0. The van der Waals surface area contributed by atoms with E-state index in [0.717, 1.165) is 0 Å². The van der Waals surface area contributed by atoms with E-state index in [1.54, 1.807) is 28.1 Å². The fourth-order valence-electron chi connectivity index (χ4n) is 0.317. The lowest BCUT2D eigenvalue weighted by Crippen LogP contribution is -2.41. The van der Waals surface area contributed by atoms with Crippen LogP contribution < -0.4 is 0 Å². The standard InChI is InChI=1S/C6H14NO2.H2S/c1-5-9-6(8)7(2,3)4;/h5H2,1-4H3;1H2/q+1;. The molecule has 0 aliphatic rings. The number of carbonyl (C=O) groups excluding carboxylic acids is 1. The van der Waals surface area contributed by atoms with Gasteiger partial charge in [0.05, 0.1) is 27.7 Å². The molecule has 10 heavy (non-hydrogen) atoms. The van der Waals surface area contributed by atoms with Gasteiger partial charge in [-0.15, -0.1) is 0 Å². The minimum atomic E-state index is -0.197. The van der Waals surface area contributed by atoms with Crippen LogP contribution in [-0.2, 0) is 4.74 Å². The van der Waals surface area contributed by atoms with Gasteiger partial charge in [0, 0.05) is 0 Å². The van der Waals surface area contributed by atoms with Gasteiger partial charge in [0.2, 0.25) is 0 Å². The number of carbonyl (C=O) groups is 1. The van der Waals surface area contributed by atoms with E-state index in [-0.39, 0.29) is 24.1 Å². The molecule has 0 rings (SSSR count). The molecule has 0 N–H and O–H groups in total. The molecular formula is C6H16NO2S+. The molecule has 3 nitrogen and oxygen atoms in total. The zero-order valence-electron chi connectivity index (χ0n) is 6.97. The van der Waals surface area contributed by atoms with Gasteiger partial charge in [-0.2, -0.15) is 18.3 Å². The number of rotatable bonds is 1. The second kappa shape index (κ2) is 4.57. The Morgan fingerprint density at radius 1 is 1.40 bits per heavy atom. The van der Waals surface area contributed by atoms with Gasteiger partial charge in [0.15, 0.2) is 0 Å². The molecular weight excluding hydrogens is 150 g/mol. The monoisotopic (exact) mass is 166 g/mol. The third-order valence-electron chi connectivity index (χ3n) is 0.816. The smallest absolute Gasteiger partial charge is 0.420 e. The molecule has 0 aromatic heterocycles. The molecule has 1 amide bonds. The summed E-state index contributed by atoms with van der Waals surface area (Å²) in [6, 6.07) is 0. The summed E-state index contributed by atoms with van der Waals surface area (Å²) >= 11 is 0. The van der Waals surface area contributed by atoms with Crippen LogP contribution in [0.4, 0.5) is 4.79 Å². The SMILES string of the molecule is CCOC(=O)[N+](C)(C)C.S. The van der Waals surface area contributed by atoms with Gasteiger partial charge in [-0.1, -0.05) is 0 Å². The molecule has 0 saturated heterocycles. The molecule has 0 fully saturated rings. The van der Waals surface area contributed by atoms with Crippen molar-refractivity contribution in [1.29, 1.82) is 0 Å². The van der Waals surface area contributed by atoms with E-state index in [9.17, 15) is 4.79 Å². The third kappa shape index (κ3) is 4.64. The van der Waals surface area contributed by atoms with Crippen molar-refractivity contribution >= 4 is 19.6 Å². The van der Waals surface area contributed by atoms with Crippen molar-refractivity contribution in [1.82, 2.24) is 0 Å². The highest BCUT2D eigenvalue weighted by Crippen LogP contribution is 1.94. The van der Waals surface area contributed by atoms with Crippen molar-refractivity contribution < 1.29 is 14.0 Å². The molecule has 0 aromatic carbocycles. The van der Waals surface area contributed by atoms with Gasteiger partial charge in [-0.25, -0.2) is 4.48 Å². The normalized spacial score (nSPS) is 10.0. The van der Waals surface area contributed by atoms with Crippen molar-refractivity contribution in [2.75, 3.05) is 27.7 Å². The summed E-state index contributed by atoms with van der Waals surface area (Å²) in [7, 11) is 5.33. The number of amides is 1. The zero-order valence-corrected chi connectivity index (χ0v) is 7.97. The molecule has 0 aromatic rings. The summed E-state index contributed by atoms with van der Waals surface area (Å²) in [5, 5.41) is 0. The number of ether oxygens (including phenoxy) is 1. The lowest BCUT2D eigenvalue weighted by molar-refractivity contribution is -0.795. The van der Waals surface area contributed by atoms with Crippen LogP contribution in [0.1, 0.15) is 6.92 Å². The molecule has 0 bridgehead atoms. The highest BCUT2D eigenvalue weighted by Gasteiger charge is 2.21. The number of quaternary nitrogens is 1. The summed E-state index contributed by atoms with van der Waals surface area (Å²) in [5.41, 5.74) is 0. The second-order valence-electron chi connectivity index (χ2n) is 2.71. The zero-order chi connectivity index (χ0) is 7.49. The van der Waals surface area contributed by atoms with E-state index >= 15 is 0 Å². The molecule has 0 aliphatic carbocycles. The minimum Gasteiger partial charge on any atom is -0.420 e. The maximum absolute atomic E-state index is 10.8. The van der Waals surface area contributed by atoms with Crippen LogP contribution in [0.2, 0.25) is 0 Å². The van der Waals surface area contributed by atoms with Gasteiger partial charge in [-0.3, -0.25) is 0 Å². The predicted molar refractivity (Wildman–Crippen MR) is 45.4 cm³/mol. The van der Waals surface area contributed by atoms with E-state index in [1.807, 2.05) is 0 Å². The quantitative estimate of drug-likeness (QED) is 0.542. The average Bonchev–Trinajstić information content (AvgIpc) is 1.64. The molecule has 0 unspecified atom stereocenters. The van der Waals surface area contributed by atoms with Gasteiger partial charge in [0.25, 0.3) is 0 Å². The van der Waals surface area contributed by atoms with E-state index < -0.39 is 0 Å². The van der Waals surface area contributed by atoms with Crippen molar-refractivity contribution in [2.45, 2.75) is 6.92 Å². The van der Waals surface area contributed by atoms with Gasteiger partial charge in [0.1, 0.15) is 0 Å². The largest absolute Gasteiger partial charge is 0.515 e. The van der Waals surface area contributed by atoms with E-state index in [2.05, 4.69) is 0 Å². The van der Waals surface area contributed by atoms with Crippen molar-refractivity contribution in [3.05, 3.63) is 0 Å². The first-order valence-corrected chi connectivity index (χ1v) is 2.97. The highest BCUT2D eigenvalue weighted by molar-refractivity contribution is 7.59. The maximum atomic E-state index is 10.8. The minimum absolute atomic E-state index is 0. The Kier molecular flexibility index (Phi) is 5.70. The van der Waals surface area contributed by atoms with E-state index in [1.165, 1.54) is 0 Å². The van der Waals surface area contributed by atoms with Crippen LogP contribution in [0.25, 0.3) is 0 Å². The Hall–Kier alpha value is -0.220. The van der Waals surface area contributed by atoms with Crippen LogP contribution in [0, 0.1) is 0 Å². The lowest BCUT2D eigenvalue weighted by Gasteiger charge is -2.18. The van der Waals surface area contributed by atoms with Crippen LogP contribution in [-0.4, -0.2) is 38.3 Å². The second-order valence-corrected chi connectivity index (χ2v) is 2.71. The molecule has 0 saturated carbocycles. The maximum Gasteiger partial charge on any atom is 0.515 e. The first kappa shape index (κ1) is 12.5. The Bertz CT molecular complexity index is 109. The van der Waals surface area contributed by atoms with Crippen molar-refractivity contribution in [3.8, 4) is 0 Å². The molecule has 0 atom stereocenters. The van der Waals surface area contributed by atoms with Gasteiger partial charge < -0.3 is 4.74 Å². The average molecular weight is 166 g/mol. The molecule has 0 heterocycles.